The Morgan fingerprint density at radius 2 is 1.00 bits per heavy atom. The lowest BCUT2D eigenvalue weighted by atomic mass is 9.78. The normalized spacial score (nSPS) is 12.8. The second kappa shape index (κ2) is 16.8. The van der Waals surface area contributed by atoms with E-state index in [0.717, 1.165) is 46.8 Å². The third kappa shape index (κ3) is 9.73. The zero-order valence-electron chi connectivity index (χ0n) is 26.2. The quantitative estimate of drug-likeness (QED) is 0.124. The van der Waals surface area contributed by atoms with Crippen LogP contribution in [0.3, 0.4) is 0 Å². The van der Waals surface area contributed by atoms with Gasteiger partial charge in [-0.2, -0.15) is 0 Å². The summed E-state index contributed by atoms with van der Waals surface area (Å²) in [5.74, 6) is 2.78. The van der Waals surface area contributed by atoms with E-state index in [0.29, 0.717) is 23.7 Å². The van der Waals surface area contributed by atoms with Crippen LogP contribution in [-0.4, -0.2) is 49.4 Å². The molecule has 0 bridgehead atoms. The monoisotopic (exact) mass is 882 g/mol. The predicted molar refractivity (Wildman–Crippen MR) is 197 cm³/mol. The van der Waals surface area contributed by atoms with Gasteiger partial charge in [0.1, 0.15) is 48.9 Å². The zero-order valence-corrected chi connectivity index (χ0v) is 32.5. The molecule has 2 unspecified atom stereocenters. The molecular formula is C36H38Br4O6. The van der Waals surface area contributed by atoms with E-state index in [1.54, 1.807) is 7.11 Å². The first kappa shape index (κ1) is 36.8. The zero-order chi connectivity index (χ0) is 33.4. The molecule has 0 radical (unpaired) electrons. The molecule has 246 valence electrons. The van der Waals surface area contributed by atoms with Gasteiger partial charge in [0, 0.05) is 5.41 Å². The van der Waals surface area contributed by atoms with Crippen molar-refractivity contribution in [3.8, 4) is 23.0 Å². The molecule has 0 spiro atoms. The molecule has 2 atom stereocenters. The summed E-state index contributed by atoms with van der Waals surface area (Å²) in [6.07, 6.45) is 0.0794. The number of rotatable bonds is 15. The van der Waals surface area contributed by atoms with Gasteiger partial charge in [-0.3, -0.25) is 0 Å². The Bertz CT molecular complexity index is 1550. The molecule has 0 heterocycles. The third-order valence-electron chi connectivity index (χ3n) is 7.68. The van der Waals surface area contributed by atoms with Crippen LogP contribution in [0, 0.1) is 0 Å². The molecule has 0 saturated heterocycles. The highest BCUT2D eigenvalue weighted by Crippen LogP contribution is 2.44. The van der Waals surface area contributed by atoms with E-state index >= 15 is 0 Å². The second-order valence-electron chi connectivity index (χ2n) is 11.5. The molecule has 0 fully saturated rings. The van der Waals surface area contributed by atoms with Gasteiger partial charge in [-0.15, -0.1) is 0 Å². The fourth-order valence-electron chi connectivity index (χ4n) is 4.68. The van der Waals surface area contributed by atoms with Crippen LogP contribution < -0.4 is 18.9 Å². The standard InChI is InChI=1S/C36H38Br4O6/c1-5-26(41)19-45-34-30(37)15-24(16-31(34)38)36(2,3)25-17-32(39)35(33(40)18-25)46-21-27(42)20-44-29-12-8-23(9-13-29)14-22-6-10-28(43-4)11-7-22/h6-13,15-18,26-27,41-42H,5,14,19-21H2,1-4H3. The molecule has 0 saturated carbocycles. The van der Waals surface area contributed by atoms with E-state index < -0.39 is 12.2 Å². The minimum absolute atomic E-state index is 0.0591. The summed E-state index contributed by atoms with van der Waals surface area (Å²) >= 11 is 14.6. The topological polar surface area (TPSA) is 77.4 Å². The van der Waals surface area contributed by atoms with Crippen LogP contribution in [0.15, 0.2) is 90.7 Å². The average Bonchev–Trinajstić information content (AvgIpc) is 3.03. The van der Waals surface area contributed by atoms with Gasteiger partial charge in [-0.1, -0.05) is 45.0 Å². The second-order valence-corrected chi connectivity index (χ2v) is 14.9. The summed E-state index contributed by atoms with van der Waals surface area (Å²) in [5.41, 5.74) is 4.09. The van der Waals surface area contributed by atoms with Crippen molar-refractivity contribution in [2.75, 3.05) is 26.9 Å². The highest BCUT2D eigenvalue weighted by molar-refractivity contribution is 9.11. The molecule has 4 aromatic carbocycles. The lowest BCUT2D eigenvalue weighted by Gasteiger charge is -2.28. The lowest BCUT2D eigenvalue weighted by molar-refractivity contribution is 0.0621. The Morgan fingerprint density at radius 1 is 0.609 bits per heavy atom. The Hall–Kier alpha value is -2.08. The van der Waals surface area contributed by atoms with E-state index in [-0.39, 0.29) is 25.2 Å². The first-order valence-electron chi connectivity index (χ1n) is 14.9. The van der Waals surface area contributed by atoms with E-state index in [9.17, 15) is 10.2 Å². The highest BCUT2D eigenvalue weighted by atomic mass is 79.9. The molecule has 0 aliphatic rings. The number of benzene rings is 4. The largest absolute Gasteiger partial charge is 0.497 e. The van der Waals surface area contributed by atoms with Crippen LogP contribution in [-0.2, 0) is 11.8 Å². The van der Waals surface area contributed by atoms with Crippen molar-refractivity contribution < 1.29 is 29.2 Å². The highest BCUT2D eigenvalue weighted by Gasteiger charge is 2.28. The summed E-state index contributed by atoms with van der Waals surface area (Å²) in [4.78, 5) is 0. The molecule has 4 rings (SSSR count). The Kier molecular flexibility index (Phi) is 13.5. The molecule has 0 aliphatic heterocycles. The molecule has 10 heteroatoms. The minimum atomic E-state index is -0.831. The van der Waals surface area contributed by atoms with Crippen LogP contribution in [0.1, 0.15) is 49.4 Å². The van der Waals surface area contributed by atoms with Crippen molar-refractivity contribution in [2.24, 2.45) is 0 Å². The molecule has 0 aromatic heterocycles. The van der Waals surface area contributed by atoms with Crippen molar-refractivity contribution in [2.45, 2.75) is 51.2 Å². The number of ether oxygens (including phenoxy) is 4. The maximum absolute atomic E-state index is 10.6. The van der Waals surface area contributed by atoms with Crippen LogP contribution in [0.2, 0.25) is 0 Å². The first-order valence-corrected chi connectivity index (χ1v) is 18.0. The number of aliphatic hydroxyl groups is 2. The SMILES string of the molecule is CCC(O)COc1c(Br)cc(C(C)(C)c2cc(Br)c(OCC(O)COc3ccc(Cc4ccc(OC)cc4)cc3)c(Br)c2)cc1Br. The summed E-state index contributed by atoms with van der Waals surface area (Å²) < 4.78 is 26.1. The maximum atomic E-state index is 10.6. The number of methoxy groups -OCH3 is 1. The number of hydrogen-bond acceptors (Lipinski definition) is 6. The Labute approximate surface area is 304 Å². The maximum Gasteiger partial charge on any atom is 0.147 e. The Morgan fingerprint density at radius 3 is 1.41 bits per heavy atom. The van der Waals surface area contributed by atoms with Crippen LogP contribution >= 0.6 is 63.7 Å². The number of hydrogen-bond donors (Lipinski definition) is 2. The summed E-state index contributed by atoms with van der Waals surface area (Å²) in [6.45, 7) is 6.58. The summed E-state index contributed by atoms with van der Waals surface area (Å²) in [6, 6.07) is 24.0. The lowest BCUT2D eigenvalue weighted by Crippen LogP contribution is -2.25. The first-order chi connectivity index (χ1) is 21.9. The van der Waals surface area contributed by atoms with E-state index in [1.165, 1.54) is 5.56 Å². The van der Waals surface area contributed by atoms with Crippen molar-refractivity contribution in [1.29, 1.82) is 0 Å². The van der Waals surface area contributed by atoms with Crippen LogP contribution in [0.25, 0.3) is 0 Å². The van der Waals surface area contributed by atoms with Gasteiger partial charge in [0.25, 0.3) is 0 Å². The van der Waals surface area contributed by atoms with Crippen molar-refractivity contribution >= 4 is 63.7 Å². The molecule has 0 aliphatic carbocycles. The van der Waals surface area contributed by atoms with E-state index in [1.807, 2.05) is 67.6 Å². The fraction of sp³-hybridized carbons (Fsp3) is 0.333. The van der Waals surface area contributed by atoms with Crippen molar-refractivity contribution in [3.05, 3.63) is 113 Å². The summed E-state index contributed by atoms with van der Waals surface area (Å²) in [5, 5.41) is 20.5. The van der Waals surface area contributed by atoms with Crippen molar-refractivity contribution in [1.82, 2.24) is 0 Å². The van der Waals surface area contributed by atoms with Gasteiger partial charge in [0.2, 0.25) is 0 Å². The number of aliphatic hydroxyl groups excluding tert-OH is 2. The molecule has 0 amide bonds. The van der Waals surface area contributed by atoms with E-state index in [2.05, 4.69) is 89.7 Å². The Balaban J connectivity index is 1.34. The fourth-order valence-corrected chi connectivity index (χ4v) is 7.51. The predicted octanol–water partition coefficient (Wildman–Crippen LogP) is 9.63. The van der Waals surface area contributed by atoms with Gasteiger partial charge in [-0.25, -0.2) is 0 Å². The van der Waals surface area contributed by atoms with Gasteiger partial charge in [0.05, 0.1) is 31.1 Å². The summed E-state index contributed by atoms with van der Waals surface area (Å²) in [7, 11) is 1.66. The average molecular weight is 886 g/mol. The molecule has 6 nitrogen and oxygen atoms in total. The molecule has 4 aromatic rings. The van der Waals surface area contributed by atoms with Crippen molar-refractivity contribution in [3.63, 3.8) is 0 Å². The minimum Gasteiger partial charge on any atom is -0.497 e. The van der Waals surface area contributed by atoms with Crippen LogP contribution in [0.5, 0.6) is 23.0 Å². The van der Waals surface area contributed by atoms with Crippen LogP contribution in [0.4, 0.5) is 0 Å². The molecular weight excluding hydrogens is 848 g/mol. The third-order valence-corrected chi connectivity index (χ3v) is 10.0. The van der Waals surface area contributed by atoms with Gasteiger partial charge >= 0.3 is 0 Å². The molecule has 2 N–H and O–H groups in total. The van der Waals surface area contributed by atoms with E-state index in [4.69, 9.17) is 18.9 Å². The molecule has 46 heavy (non-hydrogen) atoms. The van der Waals surface area contributed by atoms with Gasteiger partial charge in [-0.05, 0) is 147 Å². The van der Waals surface area contributed by atoms with Gasteiger partial charge < -0.3 is 29.2 Å². The van der Waals surface area contributed by atoms with Gasteiger partial charge in [0.15, 0.2) is 0 Å². The smallest absolute Gasteiger partial charge is 0.147 e. The number of halogens is 4.